The molecule has 2 atom stereocenters. The Morgan fingerprint density at radius 3 is 2.79 bits per heavy atom. The molecule has 0 saturated carbocycles. The smallest absolute Gasteiger partial charge is 0.202 e. The summed E-state index contributed by atoms with van der Waals surface area (Å²) in [4.78, 5) is 2.20. The molecule has 1 aliphatic rings. The molecular formula is C14H20F2N2O. The maximum absolute atomic E-state index is 13.7. The molecule has 1 saturated heterocycles. The summed E-state index contributed by atoms with van der Waals surface area (Å²) < 4.78 is 32.5. The largest absolute Gasteiger partial charge is 0.484 e. The lowest BCUT2D eigenvalue weighted by atomic mass is 9.99. The van der Waals surface area contributed by atoms with Crippen molar-refractivity contribution >= 4 is 5.69 Å². The normalized spacial score (nSPS) is 22.2. The van der Waals surface area contributed by atoms with E-state index in [2.05, 4.69) is 4.90 Å². The summed E-state index contributed by atoms with van der Waals surface area (Å²) in [6.07, 6.45) is 3.05. The van der Waals surface area contributed by atoms with Crippen LogP contribution in [0.5, 0.6) is 5.75 Å². The zero-order valence-corrected chi connectivity index (χ0v) is 11.3. The van der Waals surface area contributed by atoms with E-state index >= 15 is 0 Å². The fourth-order valence-electron chi connectivity index (χ4n) is 2.63. The fraction of sp³-hybridized carbons (Fsp3) is 0.571. The summed E-state index contributed by atoms with van der Waals surface area (Å²) in [7, 11) is 2.02. The van der Waals surface area contributed by atoms with E-state index in [9.17, 15) is 8.78 Å². The van der Waals surface area contributed by atoms with Gasteiger partial charge in [0, 0.05) is 6.04 Å². The summed E-state index contributed by atoms with van der Waals surface area (Å²) in [5, 5.41) is 0. The van der Waals surface area contributed by atoms with E-state index in [1.165, 1.54) is 6.07 Å². The van der Waals surface area contributed by atoms with E-state index in [1.807, 2.05) is 14.0 Å². The van der Waals surface area contributed by atoms with Crippen LogP contribution in [-0.2, 0) is 0 Å². The van der Waals surface area contributed by atoms with Crippen molar-refractivity contribution in [3.05, 3.63) is 23.8 Å². The summed E-state index contributed by atoms with van der Waals surface area (Å²) in [6.45, 7) is 2.87. The highest BCUT2D eigenvalue weighted by atomic mass is 19.2. The van der Waals surface area contributed by atoms with Crippen molar-refractivity contribution in [2.75, 3.05) is 19.3 Å². The zero-order chi connectivity index (χ0) is 14.0. The second-order valence-electron chi connectivity index (χ2n) is 5.15. The monoisotopic (exact) mass is 270 g/mol. The first-order valence-electron chi connectivity index (χ1n) is 6.61. The lowest BCUT2D eigenvalue weighted by molar-refractivity contribution is 0.0661. The molecule has 2 rings (SSSR count). The third-order valence-corrected chi connectivity index (χ3v) is 3.75. The van der Waals surface area contributed by atoms with Gasteiger partial charge in [-0.2, -0.15) is 4.39 Å². The summed E-state index contributed by atoms with van der Waals surface area (Å²) in [5.74, 6) is -2.12. The van der Waals surface area contributed by atoms with Crippen LogP contribution in [-0.4, -0.2) is 30.6 Å². The SMILES string of the molecule is CC(Oc1c(N)ccc(F)c1F)C1CCCCN1C. The maximum Gasteiger partial charge on any atom is 0.202 e. The molecule has 106 valence electrons. The molecule has 0 aromatic heterocycles. The van der Waals surface area contributed by atoms with Crippen molar-refractivity contribution in [3.8, 4) is 5.75 Å². The number of piperidine rings is 1. The van der Waals surface area contributed by atoms with E-state index in [0.717, 1.165) is 31.9 Å². The van der Waals surface area contributed by atoms with E-state index < -0.39 is 11.6 Å². The molecule has 1 aromatic carbocycles. The van der Waals surface area contributed by atoms with Gasteiger partial charge in [0.1, 0.15) is 6.10 Å². The average Bonchev–Trinajstić information content (AvgIpc) is 2.39. The molecule has 2 unspecified atom stereocenters. The third-order valence-electron chi connectivity index (χ3n) is 3.75. The molecule has 3 nitrogen and oxygen atoms in total. The van der Waals surface area contributed by atoms with Gasteiger partial charge < -0.3 is 10.5 Å². The van der Waals surface area contributed by atoms with Crippen molar-refractivity contribution in [1.29, 1.82) is 0 Å². The van der Waals surface area contributed by atoms with Crippen molar-refractivity contribution in [2.24, 2.45) is 0 Å². The van der Waals surface area contributed by atoms with Gasteiger partial charge in [0.25, 0.3) is 0 Å². The molecule has 1 aliphatic heterocycles. The van der Waals surface area contributed by atoms with E-state index in [-0.39, 0.29) is 23.6 Å². The van der Waals surface area contributed by atoms with Crippen LogP contribution in [0.3, 0.4) is 0 Å². The first-order chi connectivity index (χ1) is 9.00. The number of hydrogen-bond acceptors (Lipinski definition) is 3. The number of nitrogen functional groups attached to an aromatic ring is 1. The molecule has 0 spiro atoms. The number of hydrogen-bond donors (Lipinski definition) is 1. The van der Waals surface area contributed by atoms with Gasteiger partial charge in [0.15, 0.2) is 11.6 Å². The lowest BCUT2D eigenvalue weighted by Gasteiger charge is -2.36. The molecule has 0 amide bonds. The molecular weight excluding hydrogens is 250 g/mol. The number of likely N-dealkylation sites (tertiary alicyclic amines) is 1. The van der Waals surface area contributed by atoms with Crippen LogP contribution >= 0.6 is 0 Å². The van der Waals surface area contributed by atoms with Crippen LogP contribution in [0.25, 0.3) is 0 Å². The number of benzene rings is 1. The summed E-state index contributed by atoms with van der Waals surface area (Å²) >= 11 is 0. The van der Waals surface area contributed by atoms with Crippen LogP contribution in [0.4, 0.5) is 14.5 Å². The molecule has 5 heteroatoms. The Kier molecular flexibility index (Phi) is 4.24. The maximum atomic E-state index is 13.7. The van der Waals surface area contributed by atoms with Crippen LogP contribution < -0.4 is 10.5 Å². The molecule has 1 fully saturated rings. The minimum Gasteiger partial charge on any atom is -0.484 e. The molecule has 19 heavy (non-hydrogen) atoms. The fourth-order valence-corrected chi connectivity index (χ4v) is 2.63. The number of rotatable bonds is 3. The van der Waals surface area contributed by atoms with Gasteiger partial charge in [-0.25, -0.2) is 4.39 Å². The lowest BCUT2D eigenvalue weighted by Crippen LogP contribution is -2.45. The zero-order valence-electron chi connectivity index (χ0n) is 11.3. The molecule has 0 bridgehead atoms. The Labute approximate surface area is 112 Å². The van der Waals surface area contributed by atoms with Crippen LogP contribution in [0.15, 0.2) is 12.1 Å². The number of ether oxygens (including phenoxy) is 1. The van der Waals surface area contributed by atoms with Gasteiger partial charge in [-0.05, 0) is 45.5 Å². The topological polar surface area (TPSA) is 38.5 Å². The quantitative estimate of drug-likeness (QED) is 0.858. The first kappa shape index (κ1) is 14.1. The van der Waals surface area contributed by atoms with Gasteiger partial charge in [-0.3, -0.25) is 4.90 Å². The van der Waals surface area contributed by atoms with Gasteiger partial charge >= 0.3 is 0 Å². The van der Waals surface area contributed by atoms with Crippen LogP contribution in [0, 0.1) is 11.6 Å². The number of nitrogens with two attached hydrogens (primary N) is 1. The average molecular weight is 270 g/mol. The van der Waals surface area contributed by atoms with Crippen LogP contribution in [0.2, 0.25) is 0 Å². The molecule has 1 aromatic rings. The standard InChI is InChI=1S/C14H20F2N2O/c1-9(12-5-3-4-8-18(12)2)19-14-11(17)7-6-10(15)13(14)16/h6-7,9,12H,3-5,8,17H2,1-2H3. The Bertz CT molecular complexity index is 453. The number of halogens is 2. The number of likely N-dealkylation sites (N-methyl/N-ethyl adjacent to an activating group) is 1. The molecule has 1 heterocycles. The second kappa shape index (κ2) is 5.74. The third kappa shape index (κ3) is 2.97. The first-order valence-corrected chi connectivity index (χ1v) is 6.61. The molecule has 0 radical (unpaired) electrons. The Balaban J connectivity index is 2.14. The van der Waals surface area contributed by atoms with E-state index in [1.54, 1.807) is 0 Å². The Morgan fingerprint density at radius 2 is 2.11 bits per heavy atom. The molecule has 2 N–H and O–H groups in total. The highest BCUT2D eigenvalue weighted by molar-refractivity contribution is 5.53. The highest BCUT2D eigenvalue weighted by Crippen LogP contribution is 2.30. The Morgan fingerprint density at radius 1 is 1.37 bits per heavy atom. The van der Waals surface area contributed by atoms with Gasteiger partial charge in [0.05, 0.1) is 5.69 Å². The van der Waals surface area contributed by atoms with E-state index in [0.29, 0.717) is 0 Å². The van der Waals surface area contributed by atoms with E-state index in [4.69, 9.17) is 10.5 Å². The van der Waals surface area contributed by atoms with Gasteiger partial charge in [-0.1, -0.05) is 6.42 Å². The van der Waals surface area contributed by atoms with Crippen molar-refractivity contribution in [3.63, 3.8) is 0 Å². The van der Waals surface area contributed by atoms with Crippen molar-refractivity contribution in [1.82, 2.24) is 4.90 Å². The van der Waals surface area contributed by atoms with Crippen LogP contribution in [0.1, 0.15) is 26.2 Å². The number of anilines is 1. The number of nitrogens with zero attached hydrogens (tertiary/aromatic N) is 1. The van der Waals surface area contributed by atoms with Gasteiger partial charge in [0.2, 0.25) is 5.82 Å². The highest BCUT2D eigenvalue weighted by Gasteiger charge is 2.27. The predicted molar refractivity (Wildman–Crippen MR) is 71.1 cm³/mol. The molecule has 0 aliphatic carbocycles. The summed E-state index contributed by atoms with van der Waals surface area (Å²) in [5.41, 5.74) is 5.79. The predicted octanol–water partition coefficient (Wildman–Crippen LogP) is 2.80. The minimum absolute atomic E-state index is 0.129. The summed E-state index contributed by atoms with van der Waals surface area (Å²) in [6, 6.07) is 2.54. The van der Waals surface area contributed by atoms with Gasteiger partial charge in [-0.15, -0.1) is 0 Å². The van der Waals surface area contributed by atoms with Crippen molar-refractivity contribution in [2.45, 2.75) is 38.3 Å². The Hall–Kier alpha value is -1.36. The van der Waals surface area contributed by atoms with Crippen molar-refractivity contribution < 1.29 is 13.5 Å². The second-order valence-corrected chi connectivity index (χ2v) is 5.15. The minimum atomic E-state index is -1.01.